The Labute approximate surface area is 212 Å². The summed E-state index contributed by atoms with van der Waals surface area (Å²) in [5.74, 6) is -0.514. The molecule has 194 valence electrons. The third kappa shape index (κ3) is 5.53. The van der Waals surface area contributed by atoms with E-state index in [4.69, 9.17) is 4.74 Å². The second-order valence-corrected chi connectivity index (χ2v) is 10.2. The number of aliphatic hydroxyl groups excluding tert-OH is 1. The largest absolute Gasteiger partial charge is 0.472 e. The summed E-state index contributed by atoms with van der Waals surface area (Å²) in [5.41, 5.74) is 1.02. The fourth-order valence-electron chi connectivity index (χ4n) is 5.18. The van der Waals surface area contributed by atoms with E-state index < -0.39 is 18.0 Å². The van der Waals surface area contributed by atoms with Crippen LogP contribution in [-0.2, 0) is 4.79 Å². The highest BCUT2D eigenvalue weighted by molar-refractivity contribution is 5.98. The molecule has 1 saturated carbocycles. The average Bonchev–Trinajstić information content (AvgIpc) is 2.90. The predicted molar refractivity (Wildman–Crippen MR) is 135 cm³/mol. The van der Waals surface area contributed by atoms with Crippen molar-refractivity contribution in [3.05, 3.63) is 47.9 Å². The number of nitrogens with zero attached hydrogens (tertiary/aromatic N) is 3. The molecule has 36 heavy (non-hydrogen) atoms. The number of pyridine rings is 1. The number of amides is 2. The van der Waals surface area contributed by atoms with Gasteiger partial charge in [-0.25, -0.2) is 9.37 Å². The molecule has 0 bridgehead atoms. The lowest BCUT2D eigenvalue weighted by Gasteiger charge is -2.38. The maximum atomic E-state index is 14.5. The maximum Gasteiger partial charge on any atom is 0.259 e. The van der Waals surface area contributed by atoms with E-state index in [0.717, 1.165) is 25.7 Å². The number of carbonyl (C=O) groups is 2. The van der Waals surface area contributed by atoms with Crippen molar-refractivity contribution in [1.29, 1.82) is 0 Å². The Balaban J connectivity index is 1.66. The van der Waals surface area contributed by atoms with Crippen molar-refractivity contribution in [2.45, 2.75) is 58.1 Å². The summed E-state index contributed by atoms with van der Waals surface area (Å²) in [4.78, 5) is 34.5. The maximum absolute atomic E-state index is 14.5. The van der Waals surface area contributed by atoms with Crippen LogP contribution >= 0.6 is 0 Å². The number of hydrogen-bond acceptors (Lipinski definition) is 5. The number of halogens is 1. The van der Waals surface area contributed by atoms with Gasteiger partial charge in [-0.15, -0.1) is 0 Å². The lowest BCUT2D eigenvalue weighted by atomic mass is 9.88. The molecule has 1 aliphatic carbocycles. The molecule has 4 rings (SSSR count). The molecule has 2 amide bonds. The van der Waals surface area contributed by atoms with E-state index >= 15 is 0 Å². The summed E-state index contributed by atoms with van der Waals surface area (Å²) in [5, 5.41) is 9.86. The van der Waals surface area contributed by atoms with Crippen molar-refractivity contribution in [3.8, 4) is 17.0 Å². The van der Waals surface area contributed by atoms with E-state index in [9.17, 15) is 19.1 Å². The average molecular weight is 498 g/mol. The predicted octanol–water partition coefficient (Wildman–Crippen LogP) is 4.15. The van der Waals surface area contributed by atoms with Crippen molar-refractivity contribution in [2.75, 3.05) is 26.7 Å². The Bertz CT molecular complexity index is 1090. The zero-order valence-corrected chi connectivity index (χ0v) is 21.3. The van der Waals surface area contributed by atoms with Gasteiger partial charge >= 0.3 is 0 Å². The van der Waals surface area contributed by atoms with Crippen LogP contribution in [0.15, 0.2) is 36.5 Å². The van der Waals surface area contributed by atoms with Crippen LogP contribution in [0, 0.1) is 17.7 Å². The number of benzene rings is 1. The normalized spacial score (nSPS) is 21.7. The molecule has 2 aromatic rings. The number of aliphatic hydroxyl groups is 1. The summed E-state index contributed by atoms with van der Waals surface area (Å²) in [7, 11) is 1.81. The Morgan fingerprint density at radius 2 is 1.97 bits per heavy atom. The van der Waals surface area contributed by atoms with E-state index in [0.29, 0.717) is 24.2 Å². The zero-order chi connectivity index (χ0) is 25.8. The Hall–Kier alpha value is -3.00. The number of hydrogen-bond donors (Lipinski definition) is 1. The van der Waals surface area contributed by atoms with Crippen LogP contribution in [0.4, 0.5) is 4.39 Å². The first-order chi connectivity index (χ1) is 17.3. The van der Waals surface area contributed by atoms with Gasteiger partial charge in [-0.1, -0.05) is 44.4 Å². The van der Waals surface area contributed by atoms with Crippen LogP contribution in [0.25, 0.3) is 11.1 Å². The van der Waals surface area contributed by atoms with E-state index in [1.807, 2.05) is 6.92 Å². The number of ether oxygens (including phenoxy) is 1. The summed E-state index contributed by atoms with van der Waals surface area (Å²) < 4.78 is 20.8. The molecule has 2 heterocycles. The second-order valence-electron chi connectivity index (χ2n) is 10.2. The minimum atomic E-state index is -0.426. The summed E-state index contributed by atoms with van der Waals surface area (Å²) >= 11 is 0. The van der Waals surface area contributed by atoms with Gasteiger partial charge in [-0.3, -0.25) is 9.59 Å². The lowest BCUT2D eigenvalue weighted by Crippen LogP contribution is -2.51. The van der Waals surface area contributed by atoms with Crippen LogP contribution in [-0.4, -0.2) is 70.6 Å². The number of rotatable bonds is 6. The summed E-state index contributed by atoms with van der Waals surface area (Å²) in [6, 6.07) is 7.51. The van der Waals surface area contributed by atoms with Gasteiger partial charge in [0.05, 0.1) is 19.2 Å². The minimum Gasteiger partial charge on any atom is -0.472 e. The molecule has 0 spiro atoms. The van der Waals surface area contributed by atoms with Crippen LogP contribution in [0.5, 0.6) is 5.88 Å². The molecular weight excluding hydrogens is 461 g/mol. The molecule has 1 N–H and O–H groups in total. The van der Waals surface area contributed by atoms with Crippen LogP contribution < -0.4 is 4.74 Å². The van der Waals surface area contributed by atoms with E-state index in [2.05, 4.69) is 4.98 Å². The smallest absolute Gasteiger partial charge is 0.259 e. The first-order valence-electron chi connectivity index (χ1n) is 12.9. The Morgan fingerprint density at radius 3 is 2.67 bits per heavy atom. The standard InChI is InChI=1S/C28H36FN3O4/c1-18-15-32(19(2)17-33)28(35)23-13-21(22-11-7-8-12-24(22)29)14-30-26(23)36-25(18)16-31(3)27(34)20-9-5-4-6-10-20/h7-8,11-14,18-20,25,33H,4-6,9-10,15-17H2,1-3H3/t18-,19-,25-/m1/s1. The van der Waals surface area contributed by atoms with Gasteiger partial charge in [0, 0.05) is 42.8 Å². The van der Waals surface area contributed by atoms with E-state index in [-0.39, 0.29) is 41.7 Å². The minimum absolute atomic E-state index is 0.0498. The molecule has 1 aliphatic heterocycles. The number of aromatic nitrogens is 1. The lowest BCUT2D eigenvalue weighted by molar-refractivity contribution is -0.136. The molecule has 7 nitrogen and oxygen atoms in total. The van der Waals surface area contributed by atoms with Gasteiger partial charge in [0.2, 0.25) is 11.8 Å². The SMILES string of the molecule is C[C@@H]1CN([C@H](C)CO)C(=O)c2cc(-c3ccccc3F)cnc2O[C@@H]1CN(C)C(=O)C1CCCCC1. The number of likely N-dealkylation sites (N-methyl/N-ethyl adjacent to an activating group) is 1. The van der Waals surface area contributed by atoms with Gasteiger partial charge in [-0.05, 0) is 31.9 Å². The van der Waals surface area contributed by atoms with Gasteiger partial charge < -0.3 is 19.6 Å². The van der Waals surface area contributed by atoms with Gasteiger partial charge in [-0.2, -0.15) is 0 Å². The molecule has 8 heteroatoms. The Kier molecular flexibility index (Phi) is 8.24. The number of carbonyl (C=O) groups excluding carboxylic acids is 2. The molecule has 0 radical (unpaired) electrons. The molecule has 3 atom stereocenters. The van der Waals surface area contributed by atoms with Crippen molar-refractivity contribution in [2.24, 2.45) is 11.8 Å². The Morgan fingerprint density at radius 1 is 1.25 bits per heavy atom. The van der Waals surface area contributed by atoms with Crippen molar-refractivity contribution in [3.63, 3.8) is 0 Å². The van der Waals surface area contributed by atoms with Crippen molar-refractivity contribution < 1.29 is 23.8 Å². The molecule has 0 saturated heterocycles. The van der Waals surface area contributed by atoms with E-state index in [1.54, 1.807) is 48.0 Å². The molecule has 2 aliphatic rings. The van der Waals surface area contributed by atoms with Crippen LogP contribution in [0.1, 0.15) is 56.3 Å². The van der Waals surface area contributed by atoms with Crippen LogP contribution in [0.2, 0.25) is 0 Å². The number of fused-ring (bicyclic) bond motifs is 1. The van der Waals surface area contributed by atoms with Crippen molar-refractivity contribution in [1.82, 2.24) is 14.8 Å². The monoisotopic (exact) mass is 497 g/mol. The van der Waals surface area contributed by atoms with Gasteiger partial charge in [0.15, 0.2) is 0 Å². The van der Waals surface area contributed by atoms with Crippen LogP contribution in [0.3, 0.4) is 0 Å². The summed E-state index contributed by atoms with van der Waals surface area (Å²) in [6.07, 6.45) is 6.28. The molecular formula is C28H36FN3O4. The second kappa shape index (κ2) is 11.4. The first kappa shape index (κ1) is 26.1. The van der Waals surface area contributed by atoms with Gasteiger partial charge in [0.25, 0.3) is 5.91 Å². The quantitative estimate of drug-likeness (QED) is 0.649. The molecule has 1 fully saturated rings. The fourth-order valence-corrected chi connectivity index (χ4v) is 5.18. The fraction of sp³-hybridized carbons (Fsp3) is 0.536. The third-order valence-electron chi connectivity index (χ3n) is 7.49. The highest BCUT2D eigenvalue weighted by atomic mass is 19.1. The zero-order valence-electron chi connectivity index (χ0n) is 21.3. The first-order valence-corrected chi connectivity index (χ1v) is 12.9. The topological polar surface area (TPSA) is 83.0 Å². The highest BCUT2D eigenvalue weighted by Gasteiger charge is 2.35. The molecule has 1 aromatic heterocycles. The highest BCUT2D eigenvalue weighted by Crippen LogP contribution is 2.32. The van der Waals surface area contributed by atoms with Gasteiger partial charge in [0.1, 0.15) is 17.5 Å². The molecule has 0 unspecified atom stereocenters. The molecule has 1 aromatic carbocycles. The van der Waals surface area contributed by atoms with Crippen molar-refractivity contribution >= 4 is 11.8 Å². The third-order valence-corrected chi connectivity index (χ3v) is 7.49. The van der Waals surface area contributed by atoms with E-state index in [1.165, 1.54) is 18.7 Å². The summed E-state index contributed by atoms with van der Waals surface area (Å²) in [6.45, 7) is 4.28.